The van der Waals surface area contributed by atoms with Gasteiger partial charge in [-0.25, -0.2) is 4.98 Å². The van der Waals surface area contributed by atoms with Crippen LogP contribution in [0.5, 0.6) is 0 Å². The van der Waals surface area contributed by atoms with E-state index < -0.39 is 5.91 Å². The fraction of sp³-hybridized carbons (Fsp3) is 0.105. The maximum atomic E-state index is 12.4. The normalized spacial score (nSPS) is 11.0. The Morgan fingerprint density at radius 3 is 2.88 bits per heavy atom. The third-order valence-electron chi connectivity index (χ3n) is 3.89. The van der Waals surface area contributed by atoms with Crippen molar-refractivity contribution in [3.8, 4) is 9.88 Å². The molecule has 4 aromatic rings. The number of benzene rings is 1. The van der Waals surface area contributed by atoms with Crippen molar-refractivity contribution >= 4 is 39.5 Å². The Morgan fingerprint density at radius 2 is 2.08 bits per heavy atom. The minimum Gasteiger partial charge on any atom is -0.451 e. The van der Waals surface area contributed by atoms with Crippen LogP contribution in [0.2, 0.25) is 0 Å². The molecule has 0 aliphatic rings. The van der Waals surface area contributed by atoms with Crippen molar-refractivity contribution in [2.45, 2.75) is 13.5 Å². The van der Waals surface area contributed by atoms with Crippen LogP contribution in [-0.2, 0) is 6.54 Å². The lowest BCUT2D eigenvalue weighted by Gasteiger charge is -2.04. The van der Waals surface area contributed by atoms with Crippen LogP contribution in [0.1, 0.15) is 21.1 Å². The summed E-state index contributed by atoms with van der Waals surface area (Å²) < 4.78 is 5.56. The van der Waals surface area contributed by atoms with Crippen LogP contribution in [0.25, 0.3) is 20.9 Å². The number of nitrogens with zero attached hydrogens (tertiary/aromatic N) is 1. The largest absolute Gasteiger partial charge is 0.451 e. The molecule has 4 rings (SSSR count). The summed E-state index contributed by atoms with van der Waals surface area (Å²) in [6.45, 7) is 2.26. The second-order valence-electron chi connectivity index (χ2n) is 5.66. The number of carbonyl (C=O) groups excluding carboxylic acids is 1. The summed E-state index contributed by atoms with van der Waals surface area (Å²) in [7, 11) is 0. The monoisotopic (exact) mass is 382 g/mol. The Labute approximate surface area is 157 Å². The van der Waals surface area contributed by atoms with E-state index in [2.05, 4.69) is 10.3 Å². The molecule has 26 heavy (non-hydrogen) atoms. The van der Waals surface area contributed by atoms with Crippen LogP contribution in [0.3, 0.4) is 0 Å². The highest BCUT2D eigenvalue weighted by atomic mass is 32.1. The number of para-hydroxylation sites is 1. The van der Waals surface area contributed by atoms with E-state index in [4.69, 9.17) is 4.42 Å². The highest BCUT2D eigenvalue weighted by molar-refractivity contribution is 7.21. The topological polar surface area (TPSA) is 72.2 Å². The molecule has 3 heterocycles. The predicted molar refractivity (Wildman–Crippen MR) is 104 cm³/mol. The summed E-state index contributed by atoms with van der Waals surface area (Å²) in [4.78, 5) is 31.2. The van der Waals surface area contributed by atoms with Gasteiger partial charge in [-0.2, -0.15) is 0 Å². The quantitative estimate of drug-likeness (QED) is 0.574. The summed E-state index contributed by atoms with van der Waals surface area (Å²) in [5, 5.41) is 6.22. The highest BCUT2D eigenvalue weighted by Crippen LogP contribution is 2.31. The number of hydrogen-bond acceptors (Lipinski definition) is 6. The molecule has 0 saturated carbocycles. The van der Waals surface area contributed by atoms with E-state index >= 15 is 0 Å². The molecule has 7 heteroatoms. The summed E-state index contributed by atoms with van der Waals surface area (Å²) in [6, 6.07) is 12.1. The molecule has 0 atom stereocenters. The van der Waals surface area contributed by atoms with Gasteiger partial charge in [0, 0.05) is 10.9 Å². The van der Waals surface area contributed by atoms with Gasteiger partial charge in [-0.05, 0) is 30.5 Å². The molecule has 0 radical (unpaired) electrons. The number of carbonyl (C=O) groups is 1. The third kappa shape index (κ3) is 3.18. The zero-order valence-electron chi connectivity index (χ0n) is 13.8. The maximum absolute atomic E-state index is 12.4. The van der Waals surface area contributed by atoms with E-state index in [-0.39, 0.29) is 11.2 Å². The zero-order chi connectivity index (χ0) is 18.1. The fourth-order valence-corrected chi connectivity index (χ4v) is 4.36. The van der Waals surface area contributed by atoms with Gasteiger partial charge in [0.2, 0.25) is 0 Å². The van der Waals surface area contributed by atoms with Gasteiger partial charge < -0.3 is 9.73 Å². The second-order valence-corrected chi connectivity index (χ2v) is 7.69. The maximum Gasteiger partial charge on any atom is 0.287 e. The van der Waals surface area contributed by atoms with Crippen LogP contribution in [0, 0.1) is 6.92 Å². The van der Waals surface area contributed by atoms with Gasteiger partial charge in [0.15, 0.2) is 11.2 Å². The number of hydrogen-bond donors (Lipinski definition) is 1. The Bertz CT molecular complexity index is 1140. The average Bonchev–Trinajstić information content (AvgIpc) is 3.29. The first kappa shape index (κ1) is 16.7. The number of aryl methyl sites for hydroxylation is 1. The van der Waals surface area contributed by atoms with E-state index in [1.165, 1.54) is 6.07 Å². The molecule has 0 unspecified atom stereocenters. The molecular formula is C19H14N2O3S2. The molecule has 1 amide bonds. The van der Waals surface area contributed by atoms with Crippen molar-refractivity contribution in [2.24, 2.45) is 0 Å². The van der Waals surface area contributed by atoms with Crippen molar-refractivity contribution < 1.29 is 9.21 Å². The number of thiophene rings is 1. The van der Waals surface area contributed by atoms with E-state index in [1.807, 2.05) is 24.4 Å². The molecule has 0 fully saturated rings. The number of aromatic nitrogens is 1. The van der Waals surface area contributed by atoms with Gasteiger partial charge in [0.25, 0.3) is 5.91 Å². The first-order valence-electron chi connectivity index (χ1n) is 7.93. The lowest BCUT2D eigenvalue weighted by atomic mass is 10.2. The van der Waals surface area contributed by atoms with Crippen LogP contribution in [-0.4, -0.2) is 10.9 Å². The van der Waals surface area contributed by atoms with Crippen LogP contribution in [0.4, 0.5) is 0 Å². The number of fused-ring (bicyclic) bond motifs is 1. The number of rotatable bonds is 4. The molecule has 3 aromatic heterocycles. The minimum absolute atomic E-state index is 0.00866. The van der Waals surface area contributed by atoms with Crippen LogP contribution in [0.15, 0.2) is 57.1 Å². The van der Waals surface area contributed by atoms with Gasteiger partial charge in [-0.3, -0.25) is 9.59 Å². The highest BCUT2D eigenvalue weighted by Gasteiger charge is 2.15. The Kier molecular flexibility index (Phi) is 4.40. The number of thiazole rings is 1. The first-order valence-corrected chi connectivity index (χ1v) is 9.63. The molecule has 1 aromatic carbocycles. The summed E-state index contributed by atoms with van der Waals surface area (Å²) >= 11 is 3.19. The second kappa shape index (κ2) is 6.86. The third-order valence-corrected chi connectivity index (χ3v) is 6.09. The predicted octanol–water partition coefficient (Wildman–Crippen LogP) is 4.22. The molecule has 130 valence electrons. The molecule has 0 spiro atoms. The summed E-state index contributed by atoms with van der Waals surface area (Å²) in [5.41, 5.74) is 1.06. The Hall–Kier alpha value is -2.77. The van der Waals surface area contributed by atoms with E-state index in [0.717, 1.165) is 20.5 Å². The van der Waals surface area contributed by atoms with Crippen LogP contribution < -0.4 is 10.7 Å². The van der Waals surface area contributed by atoms with Gasteiger partial charge in [0.1, 0.15) is 10.6 Å². The molecule has 0 aliphatic carbocycles. The molecule has 5 nitrogen and oxygen atoms in total. The smallest absolute Gasteiger partial charge is 0.287 e. The van der Waals surface area contributed by atoms with Crippen molar-refractivity contribution in [1.29, 1.82) is 0 Å². The van der Waals surface area contributed by atoms with Gasteiger partial charge >= 0.3 is 0 Å². The standard InChI is InChI=1S/C19H14N2O3S2/c1-11-17(26-19(21-11)16-7-4-8-25-16)10-20-18(23)15-9-13(22)12-5-2-3-6-14(12)24-15/h2-9H,10H2,1H3,(H,20,23). The van der Waals surface area contributed by atoms with Gasteiger partial charge in [-0.1, -0.05) is 18.2 Å². The molecule has 0 aliphatic heterocycles. The van der Waals surface area contributed by atoms with E-state index in [9.17, 15) is 9.59 Å². The van der Waals surface area contributed by atoms with Crippen molar-refractivity contribution in [1.82, 2.24) is 10.3 Å². The van der Waals surface area contributed by atoms with Crippen molar-refractivity contribution in [3.05, 3.63) is 74.4 Å². The zero-order valence-corrected chi connectivity index (χ0v) is 15.4. The van der Waals surface area contributed by atoms with Crippen molar-refractivity contribution in [2.75, 3.05) is 0 Å². The minimum atomic E-state index is -0.418. The lowest BCUT2D eigenvalue weighted by molar-refractivity contribution is 0.0924. The molecule has 0 saturated heterocycles. The van der Waals surface area contributed by atoms with Crippen molar-refractivity contribution in [3.63, 3.8) is 0 Å². The van der Waals surface area contributed by atoms with E-state index in [0.29, 0.717) is 17.5 Å². The average molecular weight is 382 g/mol. The van der Waals surface area contributed by atoms with Gasteiger partial charge in [0.05, 0.1) is 22.5 Å². The number of nitrogens with one attached hydrogen (secondary N) is 1. The summed E-state index contributed by atoms with van der Waals surface area (Å²) in [6.07, 6.45) is 0. The lowest BCUT2D eigenvalue weighted by Crippen LogP contribution is -2.23. The molecular weight excluding hydrogens is 368 g/mol. The summed E-state index contributed by atoms with van der Waals surface area (Å²) in [5.74, 6) is -0.410. The van der Waals surface area contributed by atoms with E-state index in [1.54, 1.807) is 46.9 Å². The Morgan fingerprint density at radius 1 is 1.23 bits per heavy atom. The molecule has 0 bridgehead atoms. The van der Waals surface area contributed by atoms with Crippen LogP contribution >= 0.6 is 22.7 Å². The Balaban J connectivity index is 1.53. The SMILES string of the molecule is Cc1nc(-c2cccs2)sc1CNC(=O)c1cc(=O)c2ccccc2o1. The number of amides is 1. The molecule has 1 N–H and O–H groups in total. The van der Waals surface area contributed by atoms with Gasteiger partial charge in [-0.15, -0.1) is 22.7 Å². The fourth-order valence-electron chi connectivity index (χ4n) is 2.56. The first-order chi connectivity index (χ1) is 12.6.